The van der Waals surface area contributed by atoms with Crippen LogP contribution in [0.1, 0.15) is 69.2 Å². The van der Waals surface area contributed by atoms with E-state index in [4.69, 9.17) is 0 Å². The molecule has 1 N–H and O–H groups in total. The predicted molar refractivity (Wildman–Crippen MR) is 83.6 cm³/mol. The van der Waals surface area contributed by atoms with Crippen molar-refractivity contribution < 1.29 is 0 Å². The Labute approximate surface area is 118 Å². The Morgan fingerprint density at radius 1 is 1.16 bits per heavy atom. The zero-order valence-corrected chi connectivity index (χ0v) is 12.8. The second kappa shape index (κ2) is 7.09. The van der Waals surface area contributed by atoms with Gasteiger partial charge in [-0.3, -0.25) is 0 Å². The number of hydrogen-bond acceptors (Lipinski definition) is 1. The van der Waals surface area contributed by atoms with Crippen LogP contribution < -0.4 is 5.32 Å². The number of hydrogen-bond donors (Lipinski definition) is 1. The molecule has 19 heavy (non-hydrogen) atoms. The van der Waals surface area contributed by atoms with E-state index in [1.54, 1.807) is 11.1 Å². The molecule has 1 aromatic rings. The summed E-state index contributed by atoms with van der Waals surface area (Å²) in [5.74, 6) is 0.794. The summed E-state index contributed by atoms with van der Waals surface area (Å²) >= 11 is 0. The van der Waals surface area contributed by atoms with Gasteiger partial charge in [0.05, 0.1) is 0 Å². The van der Waals surface area contributed by atoms with Gasteiger partial charge in [-0.2, -0.15) is 0 Å². The van der Waals surface area contributed by atoms with Crippen molar-refractivity contribution in [3.8, 4) is 0 Å². The summed E-state index contributed by atoms with van der Waals surface area (Å²) in [5.41, 5.74) is 4.70. The van der Waals surface area contributed by atoms with Gasteiger partial charge in [0.25, 0.3) is 0 Å². The van der Waals surface area contributed by atoms with Crippen molar-refractivity contribution in [2.45, 2.75) is 65.3 Å². The van der Waals surface area contributed by atoms with Crippen LogP contribution in [0.3, 0.4) is 0 Å². The lowest BCUT2D eigenvalue weighted by Gasteiger charge is -2.23. The normalized spacial score (nSPS) is 17.2. The summed E-state index contributed by atoms with van der Waals surface area (Å²) in [6, 6.07) is 7.74. The maximum Gasteiger partial charge on any atom is 0.0322 e. The molecule has 1 heteroatoms. The van der Waals surface area contributed by atoms with E-state index in [9.17, 15) is 0 Å². The second-order valence-corrected chi connectivity index (χ2v) is 6.14. The smallest absolute Gasteiger partial charge is 0.0322 e. The minimum Gasteiger partial charge on any atom is -0.310 e. The quantitative estimate of drug-likeness (QED) is 0.751. The molecule has 1 nitrogen and oxygen atoms in total. The Balaban J connectivity index is 2.12. The monoisotopic (exact) mass is 259 g/mol. The minimum atomic E-state index is 0.542. The van der Waals surface area contributed by atoms with E-state index in [1.165, 1.54) is 44.1 Å². The van der Waals surface area contributed by atoms with Crippen LogP contribution in [-0.4, -0.2) is 6.54 Å². The molecular weight excluding hydrogens is 230 g/mol. The molecule has 0 radical (unpaired) electrons. The van der Waals surface area contributed by atoms with E-state index in [0.717, 1.165) is 12.5 Å². The SMILES string of the molecule is CCCNC(CC(C)CC)c1ccc2c(c1)CCC2. The molecule has 2 rings (SSSR count). The standard InChI is InChI=1S/C18H29N/c1-4-11-19-18(12-14(3)5-2)17-10-9-15-7-6-8-16(15)13-17/h9-10,13-14,18-19H,4-8,11-12H2,1-3H3. The van der Waals surface area contributed by atoms with Crippen molar-refractivity contribution in [3.05, 3.63) is 34.9 Å². The third-order valence-corrected chi connectivity index (χ3v) is 4.50. The van der Waals surface area contributed by atoms with Crippen molar-refractivity contribution in [2.24, 2.45) is 5.92 Å². The summed E-state index contributed by atoms with van der Waals surface area (Å²) < 4.78 is 0. The first-order valence-electron chi connectivity index (χ1n) is 8.09. The predicted octanol–water partition coefficient (Wildman–Crippen LogP) is 4.65. The highest BCUT2D eigenvalue weighted by atomic mass is 14.9. The molecule has 0 saturated carbocycles. The van der Waals surface area contributed by atoms with E-state index in [1.807, 2.05) is 0 Å². The van der Waals surface area contributed by atoms with Gasteiger partial charge >= 0.3 is 0 Å². The maximum atomic E-state index is 3.74. The van der Waals surface area contributed by atoms with E-state index in [2.05, 4.69) is 44.3 Å². The van der Waals surface area contributed by atoms with E-state index in [0.29, 0.717) is 6.04 Å². The van der Waals surface area contributed by atoms with Gasteiger partial charge in [-0.15, -0.1) is 0 Å². The highest BCUT2D eigenvalue weighted by molar-refractivity contribution is 5.36. The average molecular weight is 259 g/mol. The molecule has 0 aromatic heterocycles. The molecule has 1 aromatic carbocycles. The van der Waals surface area contributed by atoms with E-state index >= 15 is 0 Å². The van der Waals surface area contributed by atoms with Gasteiger partial charge in [0, 0.05) is 6.04 Å². The molecule has 2 unspecified atom stereocenters. The van der Waals surface area contributed by atoms with Crippen LogP contribution in [-0.2, 0) is 12.8 Å². The molecule has 0 amide bonds. The Hall–Kier alpha value is -0.820. The first-order valence-corrected chi connectivity index (χ1v) is 8.09. The molecule has 0 heterocycles. The topological polar surface area (TPSA) is 12.0 Å². The summed E-state index contributed by atoms with van der Waals surface area (Å²) in [4.78, 5) is 0. The van der Waals surface area contributed by atoms with Crippen molar-refractivity contribution in [3.63, 3.8) is 0 Å². The van der Waals surface area contributed by atoms with Gasteiger partial charge in [-0.25, -0.2) is 0 Å². The summed E-state index contributed by atoms with van der Waals surface area (Å²) in [5, 5.41) is 3.74. The van der Waals surface area contributed by atoms with Crippen molar-refractivity contribution in [2.75, 3.05) is 6.54 Å². The number of nitrogens with one attached hydrogen (secondary N) is 1. The highest BCUT2D eigenvalue weighted by Gasteiger charge is 2.17. The van der Waals surface area contributed by atoms with Crippen LogP contribution in [0, 0.1) is 5.92 Å². The largest absolute Gasteiger partial charge is 0.310 e. The molecule has 0 fully saturated rings. The lowest BCUT2D eigenvalue weighted by Crippen LogP contribution is -2.24. The van der Waals surface area contributed by atoms with Crippen molar-refractivity contribution in [1.29, 1.82) is 0 Å². The van der Waals surface area contributed by atoms with Crippen LogP contribution in [0.2, 0.25) is 0 Å². The Bertz CT molecular complexity index is 397. The number of benzene rings is 1. The Morgan fingerprint density at radius 3 is 2.68 bits per heavy atom. The van der Waals surface area contributed by atoms with Crippen LogP contribution in [0.25, 0.3) is 0 Å². The molecule has 106 valence electrons. The fourth-order valence-corrected chi connectivity index (χ4v) is 3.03. The fourth-order valence-electron chi connectivity index (χ4n) is 3.03. The molecule has 0 aliphatic heterocycles. The zero-order valence-electron chi connectivity index (χ0n) is 12.8. The lowest BCUT2D eigenvalue weighted by molar-refractivity contribution is 0.402. The fraction of sp³-hybridized carbons (Fsp3) is 0.667. The molecular formula is C18H29N. The van der Waals surface area contributed by atoms with Crippen molar-refractivity contribution >= 4 is 0 Å². The number of fused-ring (bicyclic) bond motifs is 1. The Morgan fingerprint density at radius 2 is 1.95 bits per heavy atom. The molecule has 2 atom stereocenters. The second-order valence-electron chi connectivity index (χ2n) is 6.14. The van der Waals surface area contributed by atoms with Gasteiger partial charge in [-0.1, -0.05) is 45.4 Å². The minimum absolute atomic E-state index is 0.542. The van der Waals surface area contributed by atoms with E-state index in [-0.39, 0.29) is 0 Å². The Kier molecular flexibility index (Phi) is 5.45. The summed E-state index contributed by atoms with van der Waals surface area (Å²) in [6.45, 7) is 8.03. The van der Waals surface area contributed by atoms with Gasteiger partial charge in [0.15, 0.2) is 0 Å². The van der Waals surface area contributed by atoms with Gasteiger partial charge < -0.3 is 5.32 Å². The van der Waals surface area contributed by atoms with Gasteiger partial charge in [0.2, 0.25) is 0 Å². The number of aryl methyl sites for hydroxylation is 2. The summed E-state index contributed by atoms with van der Waals surface area (Å²) in [6.07, 6.45) is 7.66. The molecule has 0 saturated heterocycles. The highest BCUT2D eigenvalue weighted by Crippen LogP contribution is 2.28. The van der Waals surface area contributed by atoms with Crippen LogP contribution in [0.15, 0.2) is 18.2 Å². The number of rotatable bonds is 7. The van der Waals surface area contributed by atoms with E-state index < -0.39 is 0 Å². The van der Waals surface area contributed by atoms with Crippen molar-refractivity contribution in [1.82, 2.24) is 5.32 Å². The molecule has 0 bridgehead atoms. The van der Waals surface area contributed by atoms with Gasteiger partial charge in [-0.05, 0) is 61.3 Å². The lowest BCUT2D eigenvalue weighted by atomic mass is 9.92. The van der Waals surface area contributed by atoms with Gasteiger partial charge in [0.1, 0.15) is 0 Å². The first-order chi connectivity index (χ1) is 9.24. The maximum absolute atomic E-state index is 3.74. The van der Waals surface area contributed by atoms with Crippen LogP contribution >= 0.6 is 0 Å². The molecule has 1 aliphatic carbocycles. The average Bonchev–Trinajstić information content (AvgIpc) is 2.90. The first kappa shape index (κ1) is 14.6. The zero-order chi connectivity index (χ0) is 13.7. The third kappa shape index (κ3) is 3.82. The summed E-state index contributed by atoms with van der Waals surface area (Å²) in [7, 11) is 0. The molecule has 1 aliphatic rings. The third-order valence-electron chi connectivity index (χ3n) is 4.50. The van der Waals surface area contributed by atoms with Crippen LogP contribution in [0.5, 0.6) is 0 Å². The molecule has 0 spiro atoms. The van der Waals surface area contributed by atoms with Crippen LogP contribution in [0.4, 0.5) is 0 Å².